The first kappa shape index (κ1) is 17.7. The Kier molecular flexibility index (Phi) is 5.35. The van der Waals surface area contributed by atoms with Crippen LogP contribution in [0.3, 0.4) is 0 Å². The maximum absolute atomic E-state index is 12.2. The molecule has 0 aliphatic rings. The summed E-state index contributed by atoms with van der Waals surface area (Å²) in [5, 5.41) is 2.70. The van der Waals surface area contributed by atoms with E-state index in [9.17, 15) is 18.0 Å². The van der Waals surface area contributed by atoms with Crippen molar-refractivity contribution in [2.75, 3.05) is 15.8 Å². The topological polar surface area (TPSA) is 92.3 Å². The zero-order valence-corrected chi connectivity index (χ0v) is 14.2. The second-order valence-corrected chi connectivity index (χ2v) is 7.18. The lowest BCUT2D eigenvalue weighted by Gasteiger charge is -2.08. The SMILES string of the molecule is CCS(=O)(=O)Nc1ccc(C(=O)Nc2cccc(C(C)=O)c2)cc1. The third-order valence-corrected chi connectivity index (χ3v) is 4.63. The van der Waals surface area contributed by atoms with Crippen LogP contribution in [0.4, 0.5) is 11.4 Å². The van der Waals surface area contributed by atoms with Crippen LogP contribution in [0.15, 0.2) is 48.5 Å². The van der Waals surface area contributed by atoms with Gasteiger partial charge in [0.05, 0.1) is 5.75 Å². The Morgan fingerprint density at radius 3 is 2.21 bits per heavy atom. The van der Waals surface area contributed by atoms with Crippen LogP contribution in [0, 0.1) is 0 Å². The molecule has 6 nitrogen and oxygen atoms in total. The molecule has 0 heterocycles. The van der Waals surface area contributed by atoms with Gasteiger partial charge in [0.2, 0.25) is 10.0 Å². The van der Waals surface area contributed by atoms with Gasteiger partial charge >= 0.3 is 0 Å². The summed E-state index contributed by atoms with van der Waals surface area (Å²) in [4.78, 5) is 23.6. The van der Waals surface area contributed by atoms with E-state index in [4.69, 9.17) is 0 Å². The number of hydrogen-bond acceptors (Lipinski definition) is 4. The van der Waals surface area contributed by atoms with Crippen molar-refractivity contribution >= 4 is 33.1 Å². The van der Waals surface area contributed by atoms with E-state index in [2.05, 4.69) is 10.0 Å². The van der Waals surface area contributed by atoms with Crippen LogP contribution < -0.4 is 10.0 Å². The van der Waals surface area contributed by atoms with Crippen molar-refractivity contribution in [1.82, 2.24) is 0 Å². The molecule has 0 unspecified atom stereocenters. The molecular formula is C17H18N2O4S. The summed E-state index contributed by atoms with van der Waals surface area (Å²) in [6.45, 7) is 3.00. The number of hydrogen-bond donors (Lipinski definition) is 2. The van der Waals surface area contributed by atoms with Gasteiger partial charge in [-0.05, 0) is 50.2 Å². The Morgan fingerprint density at radius 1 is 0.958 bits per heavy atom. The zero-order chi connectivity index (χ0) is 17.7. The highest BCUT2D eigenvalue weighted by Crippen LogP contribution is 2.15. The van der Waals surface area contributed by atoms with Gasteiger partial charge in [0.1, 0.15) is 0 Å². The summed E-state index contributed by atoms with van der Waals surface area (Å²) in [6, 6.07) is 12.7. The van der Waals surface area contributed by atoms with E-state index in [0.717, 1.165) is 0 Å². The molecule has 24 heavy (non-hydrogen) atoms. The lowest BCUT2D eigenvalue weighted by molar-refractivity contribution is 0.101. The van der Waals surface area contributed by atoms with Crippen LogP contribution in [0.25, 0.3) is 0 Å². The third-order valence-electron chi connectivity index (χ3n) is 3.33. The van der Waals surface area contributed by atoms with Gasteiger partial charge in [-0.1, -0.05) is 12.1 Å². The van der Waals surface area contributed by atoms with Crippen molar-refractivity contribution in [2.24, 2.45) is 0 Å². The first-order chi connectivity index (χ1) is 11.3. The molecule has 0 saturated carbocycles. The molecule has 2 aromatic rings. The average Bonchev–Trinajstić information content (AvgIpc) is 2.55. The van der Waals surface area contributed by atoms with E-state index in [1.807, 2.05) is 0 Å². The van der Waals surface area contributed by atoms with Crippen LogP contribution in [0.2, 0.25) is 0 Å². The van der Waals surface area contributed by atoms with E-state index in [0.29, 0.717) is 22.5 Å². The number of ketones is 1. The van der Waals surface area contributed by atoms with Gasteiger partial charge in [-0.15, -0.1) is 0 Å². The number of rotatable bonds is 6. The summed E-state index contributed by atoms with van der Waals surface area (Å²) in [5.74, 6) is -0.457. The molecule has 0 aromatic heterocycles. The van der Waals surface area contributed by atoms with Gasteiger partial charge in [0.15, 0.2) is 5.78 Å². The molecule has 2 rings (SSSR count). The number of Topliss-reactive ketones (excluding diaryl/α,β-unsaturated/α-hetero) is 1. The third kappa shape index (κ3) is 4.66. The summed E-state index contributed by atoms with van der Waals surface area (Å²) in [5.41, 5.74) is 1.80. The van der Waals surface area contributed by atoms with Gasteiger partial charge in [-0.3, -0.25) is 14.3 Å². The first-order valence-corrected chi connectivity index (χ1v) is 8.99. The minimum absolute atomic E-state index is 0.0261. The van der Waals surface area contributed by atoms with Crippen molar-refractivity contribution in [3.8, 4) is 0 Å². The zero-order valence-electron chi connectivity index (χ0n) is 13.4. The molecule has 0 aliphatic heterocycles. The monoisotopic (exact) mass is 346 g/mol. The smallest absolute Gasteiger partial charge is 0.255 e. The molecule has 0 aliphatic carbocycles. The van der Waals surface area contributed by atoms with Crippen LogP contribution in [-0.4, -0.2) is 25.9 Å². The number of amides is 1. The van der Waals surface area contributed by atoms with E-state index < -0.39 is 10.0 Å². The molecule has 7 heteroatoms. The normalized spacial score (nSPS) is 10.9. The van der Waals surface area contributed by atoms with Gasteiger partial charge in [-0.2, -0.15) is 0 Å². The van der Waals surface area contributed by atoms with Gasteiger partial charge < -0.3 is 5.32 Å². The van der Waals surface area contributed by atoms with Crippen molar-refractivity contribution in [3.05, 3.63) is 59.7 Å². The summed E-state index contributed by atoms with van der Waals surface area (Å²) >= 11 is 0. The molecule has 0 saturated heterocycles. The Bertz CT molecular complexity index is 858. The number of carbonyl (C=O) groups is 2. The summed E-state index contributed by atoms with van der Waals surface area (Å²) in [6.07, 6.45) is 0. The largest absolute Gasteiger partial charge is 0.322 e. The number of benzene rings is 2. The van der Waals surface area contributed by atoms with E-state index in [1.54, 1.807) is 31.2 Å². The van der Waals surface area contributed by atoms with Gasteiger partial charge in [-0.25, -0.2) is 8.42 Å². The first-order valence-electron chi connectivity index (χ1n) is 7.33. The molecule has 2 N–H and O–H groups in total. The predicted octanol–water partition coefficient (Wildman–Crippen LogP) is 2.90. The number of sulfonamides is 1. The fourth-order valence-electron chi connectivity index (χ4n) is 1.96. The highest BCUT2D eigenvalue weighted by atomic mass is 32.2. The minimum atomic E-state index is -3.35. The Labute approximate surface area is 140 Å². The molecule has 0 bridgehead atoms. The lowest BCUT2D eigenvalue weighted by Crippen LogP contribution is -2.15. The fraction of sp³-hybridized carbons (Fsp3) is 0.176. The summed E-state index contributed by atoms with van der Waals surface area (Å²) < 4.78 is 25.4. The maximum Gasteiger partial charge on any atom is 0.255 e. The quantitative estimate of drug-likeness (QED) is 0.787. The van der Waals surface area contributed by atoms with Gasteiger partial charge in [0, 0.05) is 22.5 Å². The van der Waals surface area contributed by atoms with Crippen molar-refractivity contribution in [3.63, 3.8) is 0 Å². The fourth-order valence-corrected chi connectivity index (χ4v) is 2.60. The second-order valence-electron chi connectivity index (χ2n) is 5.17. The molecule has 1 amide bonds. The molecule has 2 aromatic carbocycles. The van der Waals surface area contributed by atoms with Crippen LogP contribution >= 0.6 is 0 Å². The molecular weight excluding hydrogens is 328 g/mol. The minimum Gasteiger partial charge on any atom is -0.322 e. The van der Waals surface area contributed by atoms with Crippen LogP contribution in [-0.2, 0) is 10.0 Å². The van der Waals surface area contributed by atoms with E-state index in [-0.39, 0.29) is 17.4 Å². The second kappa shape index (κ2) is 7.27. The van der Waals surface area contributed by atoms with E-state index >= 15 is 0 Å². The Morgan fingerprint density at radius 2 is 1.62 bits per heavy atom. The van der Waals surface area contributed by atoms with Gasteiger partial charge in [0.25, 0.3) is 5.91 Å². The summed E-state index contributed by atoms with van der Waals surface area (Å²) in [7, 11) is -3.35. The number of nitrogens with one attached hydrogen (secondary N) is 2. The van der Waals surface area contributed by atoms with Crippen LogP contribution in [0.1, 0.15) is 34.6 Å². The standard InChI is InChI=1S/C17H18N2O4S/c1-3-24(22,23)19-15-9-7-13(8-10-15)17(21)18-16-6-4-5-14(11-16)12(2)20/h4-11,19H,3H2,1-2H3,(H,18,21). The molecule has 126 valence electrons. The van der Waals surface area contributed by atoms with Crippen LogP contribution in [0.5, 0.6) is 0 Å². The number of carbonyl (C=O) groups excluding carboxylic acids is 2. The molecule has 0 atom stereocenters. The average molecular weight is 346 g/mol. The molecule has 0 spiro atoms. The highest BCUT2D eigenvalue weighted by molar-refractivity contribution is 7.92. The predicted molar refractivity (Wildman–Crippen MR) is 93.9 cm³/mol. The molecule has 0 fully saturated rings. The highest BCUT2D eigenvalue weighted by Gasteiger charge is 2.10. The van der Waals surface area contributed by atoms with Crippen molar-refractivity contribution < 1.29 is 18.0 Å². The maximum atomic E-state index is 12.2. The van der Waals surface area contributed by atoms with E-state index in [1.165, 1.54) is 31.2 Å². The molecule has 0 radical (unpaired) electrons. The lowest BCUT2D eigenvalue weighted by atomic mass is 10.1. The Hall–Kier alpha value is -2.67. The number of anilines is 2. The Balaban J connectivity index is 2.10. The van der Waals surface area contributed by atoms with Crippen molar-refractivity contribution in [1.29, 1.82) is 0 Å². The van der Waals surface area contributed by atoms with Crippen molar-refractivity contribution in [2.45, 2.75) is 13.8 Å².